The fourth-order valence-electron chi connectivity index (χ4n) is 2.89. The zero-order chi connectivity index (χ0) is 15.9. The van der Waals surface area contributed by atoms with Gasteiger partial charge in [0.15, 0.2) is 9.84 Å². The van der Waals surface area contributed by atoms with E-state index in [2.05, 4.69) is 0 Å². The van der Waals surface area contributed by atoms with Gasteiger partial charge in [0.05, 0.1) is 10.1 Å². The molecule has 1 aliphatic rings. The van der Waals surface area contributed by atoms with Gasteiger partial charge < -0.3 is 5.11 Å². The lowest BCUT2D eigenvalue weighted by molar-refractivity contribution is 0.274. The van der Waals surface area contributed by atoms with Gasteiger partial charge in [0.2, 0.25) is 0 Å². The van der Waals surface area contributed by atoms with Crippen molar-refractivity contribution in [1.29, 1.82) is 0 Å². The fourth-order valence-corrected chi connectivity index (χ4v) is 5.21. The van der Waals surface area contributed by atoms with Crippen LogP contribution in [0.2, 0.25) is 5.02 Å². The number of rotatable bonds is 4. The second-order valence-electron chi connectivity index (χ2n) is 5.39. The Balaban J connectivity index is 1.93. The summed E-state index contributed by atoms with van der Waals surface area (Å²) in [6, 6.07) is 11.7. The average Bonchev–Trinajstić information content (AvgIpc) is 3.24. The molecule has 0 aromatic heterocycles. The summed E-state index contributed by atoms with van der Waals surface area (Å²) >= 11 is 5.78. The second-order valence-corrected chi connectivity index (χ2v) is 7.93. The fraction of sp³-hybridized carbons (Fsp3) is 0.250. The van der Waals surface area contributed by atoms with Crippen LogP contribution in [-0.4, -0.2) is 25.4 Å². The van der Waals surface area contributed by atoms with Gasteiger partial charge in [0.1, 0.15) is 5.82 Å². The first-order chi connectivity index (χ1) is 10.4. The lowest BCUT2D eigenvalue weighted by Gasteiger charge is -2.04. The first-order valence-electron chi connectivity index (χ1n) is 6.81. The van der Waals surface area contributed by atoms with Crippen LogP contribution < -0.4 is 0 Å². The minimum absolute atomic E-state index is 0.185. The number of sulfone groups is 1. The van der Waals surface area contributed by atoms with E-state index < -0.39 is 15.1 Å². The molecule has 0 radical (unpaired) electrons. The third-order valence-corrected chi connectivity index (χ3v) is 6.60. The molecule has 1 N–H and O–H groups in total. The van der Waals surface area contributed by atoms with Crippen LogP contribution >= 0.6 is 11.6 Å². The molecule has 2 aromatic rings. The molecule has 6 heteroatoms. The third-order valence-electron chi connectivity index (χ3n) is 4.06. The summed E-state index contributed by atoms with van der Waals surface area (Å²) < 4.78 is 38.4. The third kappa shape index (κ3) is 2.64. The van der Waals surface area contributed by atoms with Crippen molar-refractivity contribution in [2.45, 2.75) is 16.1 Å². The van der Waals surface area contributed by atoms with Gasteiger partial charge in [0, 0.05) is 23.5 Å². The van der Waals surface area contributed by atoms with Crippen molar-refractivity contribution in [1.82, 2.24) is 0 Å². The van der Waals surface area contributed by atoms with Crippen molar-refractivity contribution < 1.29 is 17.9 Å². The molecule has 0 spiro atoms. The molecular formula is C16H14ClFO3S. The van der Waals surface area contributed by atoms with E-state index in [1.807, 2.05) is 0 Å². The normalized spacial score (nSPS) is 24.2. The number of aliphatic hydroxyl groups excluding tert-OH is 1. The highest BCUT2D eigenvalue weighted by atomic mass is 35.5. The van der Waals surface area contributed by atoms with Crippen molar-refractivity contribution in [3.63, 3.8) is 0 Å². The molecule has 116 valence electrons. The molecule has 0 unspecified atom stereocenters. The molecule has 2 aromatic carbocycles. The van der Waals surface area contributed by atoms with E-state index in [0.29, 0.717) is 5.02 Å². The summed E-state index contributed by atoms with van der Waals surface area (Å²) in [5.74, 6) is -1.06. The molecule has 0 amide bonds. The molecule has 0 bridgehead atoms. The lowest BCUT2D eigenvalue weighted by atomic mass is 10.1. The molecule has 3 atom stereocenters. The Morgan fingerprint density at radius 1 is 1.05 bits per heavy atom. The van der Waals surface area contributed by atoms with Gasteiger partial charge in [-0.2, -0.15) is 0 Å². The lowest BCUT2D eigenvalue weighted by Crippen LogP contribution is -2.11. The van der Waals surface area contributed by atoms with Gasteiger partial charge in [-0.25, -0.2) is 12.8 Å². The number of benzene rings is 2. The highest BCUT2D eigenvalue weighted by molar-refractivity contribution is 7.92. The maximum atomic E-state index is 13.0. The second kappa shape index (κ2) is 5.65. The van der Waals surface area contributed by atoms with E-state index in [9.17, 15) is 17.9 Å². The van der Waals surface area contributed by atoms with E-state index in [0.717, 1.165) is 5.56 Å². The first-order valence-corrected chi connectivity index (χ1v) is 8.73. The van der Waals surface area contributed by atoms with Crippen LogP contribution in [0.3, 0.4) is 0 Å². The van der Waals surface area contributed by atoms with Gasteiger partial charge in [-0.15, -0.1) is 0 Å². The average molecular weight is 341 g/mol. The summed E-state index contributed by atoms with van der Waals surface area (Å²) in [6.07, 6.45) is 0. The van der Waals surface area contributed by atoms with Gasteiger partial charge in [0.25, 0.3) is 0 Å². The Hall–Kier alpha value is -1.43. The zero-order valence-electron chi connectivity index (χ0n) is 11.5. The van der Waals surface area contributed by atoms with E-state index >= 15 is 0 Å². The monoisotopic (exact) mass is 340 g/mol. The van der Waals surface area contributed by atoms with Crippen molar-refractivity contribution >= 4 is 21.4 Å². The molecule has 0 saturated heterocycles. The van der Waals surface area contributed by atoms with Crippen LogP contribution in [0.4, 0.5) is 4.39 Å². The summed E-state index contributed by atoms with van der Waals surface area (Å²) in [4.78, 5) is 0.185. The molecule has 3 rings (SSSR count). The minimum atomic E-state index is -3.56. The van der Waals surface area contributed by atoms with E-state index in [4.69, 9.17) is 11.6 Å². The molecule has 1 fully saturated rings. The Labute approximate surface area is 133 Å². The highest BCUT2D eigenvalue weighted by Gasteiger charge is 2.58. The Morgan fingerprint density at radius 2 is 1.64 bits per heavy atom. The van der Waals surface area contributed by atoms with E-state index in [1.165, 1.54) is 36.4 Å². The minimum Gasteiger partial charge on any atom is -0.396 e. The topological polar surface area (TPSA) is 54.4 Å². The first kappa shape index (κ1) is 15.5. The van der Waals surface area contributed by atoms with Crippen LogP contribution in [0, 0.1) is 11.7 Å². The number of aliphatic hydroxyl groups is 1. The van der Waals surface area contributed by atoms with Crippen molar-refractivity contribution in [3.8, 4) is 0 Å². The Bertz CT molecular complexity index is 772. The van der Waals surface area contributed by atoms with Crippen molar-refractivity contribution in [2.75, 3.05) is 6.61 Å². The van der Waals surface area contributed by atoms with Crippen LogP contribution in [0.15, 0.2) is 53.4 Å². The van der Waals surface area contributed by atoms with Crippen LogP contribution in [0.1, 0.15) is 11.5 Å². The van der Waals surface area contributed by atoms with Gasteiger partial charge in [-0.3, -0.25) is 0 Å². The van der Waals surface area contributed by atoms with Gasteiger partial charge in [-0.1, -0.05) is 23.7 Å². The standard InChI is InChI=1S/C16H14ClFO3S/c17-11-3-7-13(8-4-11)22(20,21)16-14(9-19)15(16)10-1-5-12(18)6-2-10/h1-8,14-16,19H,9H2/t14-,15-,16+/m0/s1. The molecular weight excluding hydrogens is 327 g/mol. The van der Waals surface area contributed by atoms with Crippen molar-refractivity contribution in [3.05, 3.63) is 64.9 Å². The SMILES string of the molecule is O=S(=O)(c1ccc(Cl)cc1)[C@@H]1[C@@H](CO)[C@@H]1c1ccc(F)cc1. The van der Waals surface area contributed by atoms with Crippen LogP contribution in [0.25, 0.3) is 0 Å². The summed E-state index contributed by atoms with van der Waals surface area (Å²) in [7, 11) is -3.56. The smallest absolute Gasteiger partial charge is 0.182 e. The summed E-state index contributed by atoms with van der Waals surface area (Å²) in [5, 5.41) is 9.23. The van der Waals surface area contributed by atoms with E-state index in [-0.39, 0.29) is 29.2 Å². The predicted octanol–water partition coefficient (Wildman–Crippen LogP) is 3.03. The molecule has 22 heavy (non-hydrogen) atoms. The number of halogens is 2. The quantitative estimate of drug-likeness (QED) is 0.930. The molecule has 0 heterocycles. The summed E-state index contributed by atoms with van der Waals surface area (Å²) in [6.45, 7) is -0.223. The van der Waals surface area contributed by atoms with Crippen LogP contribution in [0.5, 0.6) is 0 Å². The molecule has 3 nitrogen and oxygen atoms in total. The Morgan fingerprint density at radius 3 is 2.18 bits per heavy atom. The number of hydrogen-bond donors (Lipinski definition) is 1. The zero-order valence-corrected chi connectivity index (χ0v) is 13.1. The van der Waals surface area contributed by atoms with Crippen LogP contribution in [-0.2, 0) is 9.84 Å². The predicted molar refractivity (Wildman–Crippen MR) is 82.1 cm³/mol. The molecule has 0 aliphatic heterocycles. The van der Waals surface area contributed by atoms with E-state index in [1.54, 1.807) is 12.1 Å². The summed E-state index contributed by atoms with van der Waals surface area (Å²) in [5.41, 5.74) is 0.725. The van der Waals surface area contributed by atoms with Gasteiger partial charge in [-0.05, 0) is 42.0 Å². The molecule has 1 saturated carbocycles. The van der Waals surface area contributed by atoms with Crippen molar-refractivity contribution in [2.24, 2.45) is 5.92 Å². The number of hydrogen-bond acceptors (Lipinski definition) is 3. The Kier molecular flexibility index (Phi) is 3.97. The highest BCUT2D eigenvalue weighted by Crippen LogP contribution is 2.53. The maximum Gasteiger partial charge on any atom is 0.182 e. The maximum absolute atomic E-state index is 13.0. The largest absolute Gasteiger partial charge is 0.396 e. The molecule has 1 aliphatic carbocycles. The van der Waals surface area contributed by atoms with Gasteiger partial charge >= 0.3 is 0 Å².